The third-order valence-corrected chi connectivity index (χ3v) is 6.60. The maximum atomic E-state index is 13.7. The Labute approximate surface area is 265 Å². The van der Waals surface area contributed by atoms with Gasteiger partial charge >= 0.3 is 17.9 Å². The number of hydrogen-bond acceptors (Lipinski definition) is 13. The number of hydrogen-bond donors (Lipinski definition) is 1. The van der Waals surface area contributed by atoms with Crippen molar-refractivity contribution in [3.05, 3.63) is 53.6 Å². The molecule has 1 aliphatic rings. The largest absolute Gasteiger partial charge is 0.497 e. The summed E-state index contributed by atoms with van der Waals surface area (Å²) >= 11 is 0. The Balaban J connectivity index is 2.12. The van der Waals surface area contributed by atoms with Crippen molar-refractivity contribution < 1.29 is 61.9 Å². The summed E-state index contributed by atoms with van der Waals surface area (Å²) in [5, 5.41) is 2.62. The van der Waals surface area contributed by atoms with Gasteiger partial charge in [0.1, 0.15) is 47.3 Å². The summed E-state index contributed by atoms with van der Waals surface area (Å²) < 4.78 is 44.5. The molecule has 3 rings (SSSR count). The Kier molecular flexibility index (Phi) is 12.5. The van der Waals surface area contributed by atoms with Crippen LogP contribution in [0.2, 0.25) is 0 Å². The minimum Gasteiger partial charge on any atom is -0.497 e. The molecule has 248 valence electrons. The highest BCUT2D eigenvalue weighted by Gasteiger charge is 2.52. The summed E-state index contributed by atoms with van der Waals surface area (Å²) in [5.41, 5.74) is 0.681. The maximum absolute atomic E-state index is 13.7. The SMILES string of the molecule is COc1ccc(/C=C/C(=O)c2c(OC)cc(OC)cc2O[C@@H]2O[C@H](COC(C)=O)[C@@H](OC(C)=O)[C@H](OC(C)=O)[C@H]2NC(C)=O)cc1. The van der Waals surface area contributed by atoms with Gasteiger partial charge in [0.2, 0.25) is 12.2 Å². The van der Waals surface area contributed by atoms with Crippen LogP contribution in [0.3, 0.4) is 0 Å². The van der Waals surface area contributed by atoms with Crippen LogP contribution < -0.4 is 24.3 Å². The molecule has 0 radical (unpaired) electrons. The van der Waals surface area contributed by atoms with Gasteiger partial charge in [-0.25, -0.2) is 0 Å². The quantitative estimate of drug-likeness (QED) is 0.146. The van der Waals surface area contributed by atoms with Crippen molar-refractivity contribution in [2.24, 2.45) is 0 Å². The first kappa shape index (κ1) is 35.4. The Hall–Kier alpha value is -5.11. The first-order valence-electron chi connectivity index (χ1n) is 14.1. The van der Waals surface area contributed by atoms with Crippen LogP contribution in [0.1, 0.15) is 43.6 Å². The molecule has 1 aliphatic heterocycles. The molecule has 2 aromatic rings. The van der Waals surface area contributed by atoms with E-state index in [1.165, 1.54) is 46.3 Å². The highest BCUT2D eigenvalue weighted by Crippen LogP contribution is 2.37. The highest BCUT2D eigenvalue weighted by molar-refractivity contribution is 6.10. The first-order chi connectivity index (χ1) is 21.9. The van der Waals surface area contributed by atoms with Crippen LogP contribution in [0.5, 0.6) is 23.0 Å². The Bertz CT molecular complexity index is 1450. The van der Waals surface area contributed by atoms with Crippen LogP contribution in [0.4, 0.5) is 0 Å². The Morgan fingerprint density at radius 3 is 1.93 bits per heavy atom. The molecule has 0 aliphatic carbocycles. The van der Waals surface area contributed by atoms with Gasteiger partial charge in [0, 0.05) is 39.8 Å². The molecule has 0 aromatic heterocycles. The number of rotatable bonds is 13. The molecule has 1 heterocycles. The van der Waals surface area contributed by atoms with Gasteiger partial charge in [0.15, 0.2) is 18.0 Å². The normalized spacial score (nSPS) is 20.6. The lowest BCUT2D eigenvalue weighted by Gasteiger charge is -2.44. The van der Waals surface area contributed by atoms with Crippen LogP contribution in [0.15, 0.2) is 42.5 Å². The average molecular weight is 644 g/mol. The third kappa shape index (κ3) is 9.44. The number of amides is 1. The van der Waals surface area contributed by atoms with Crippen LogP contribution in [0.25, 0.3) is 6.08 Å². The number of carbonyl (C=O) groups is 5. The van der Waals surface area contributed by atoms with E-state index in [1.54, 1.807) is 37.5 Å². The molecule has 0 saturated carbocycles. The van der Waals surface area contributed by atoms with Gasteiger partial charge in [0.05, 0.1) is 21.3 Å². The fraction of sp³-hybridized carbons (Fsp3) is 0.406. The van der Waals surface area contributed by atoms with Crippen molar-refractivity contribution in [1.29, 1.82) is 0 Å². The van der Waals surface area contributed by atoms with E-state index in [0.29, 0.717) is 11.3 Å². The number of nitrogens with one attached hydrogen (secondary N) is 1. The summed E-state index contributed by atoms with van der Waals surface area (Å²) in [6.07, 6.45) is -2.52. The number of methoxy groups -OCH3 is 3. The number of esters is 3. The second kappa shape index (κ2) is 16.3. The monoisotopic (exact) mass is 643 g/mol. The fourth-order valence-electron chi connectivity index (χ4n) is 4.67. The van der Waals surface area contributed by atoms with Gasteiger partial charge in [-0.3, -0.25) is 24.0 Å². The summed E-state index contributed by atoms with van der Waals surface area (Å²) in [4.78, 5) is 62.0. The van der Waals surface area contributed by atoms with Crippen LogP contribution in [-0.2, 0) is 38.1 Å². The van der Waals surface area contributed by atoms with Crippen LogP contribution >= 0.6 is 0 Å². The van der Waals surface area contributed by atoms with Crippen molar-refractivity contribution >= 4 is 35.7 Å². The molecule has 46 heavy (non-hydrogen) atoms. The third-order valence-electron chi connectivity index (χ3n) is 6.60. The van der Waals surface area contributed by atoms with E-state index in [2.05, 4.69) is 5.32 Å². The average Bonchev–Trinajstić information content (AvgIpc) is 3.00. The lowest BCUT2D eigenvalue weighted by Crippen LogP contribution is -2.67. The van der Waals surface area contributed by atoms with Gasteiger partial charge in [-0.2, -0.15) is 0 Å². The van der Waals surface area contributed by atoms with E-state index in [1.807, 2.05) is 0 Å². The zero-order valence-electron chi connectivity index (χ0n) is 26.5. The number of ether oxygens (including phenoxy) is 8. The molecule has 1 fully saturated rings. The Morgan fingerprint density at radius 2 is 1.39 bits per heavy atom. The first-order valence-corrected chi connectivity index (χ1v) is 14.1. The summed E-state index contributed by atoms with van der Waals surface area (Å²) in [5.74, 6) is -2.38. The number of allylic oxidation sites excluding steroid dienone is 1. The molecular weight excluding hydrogens is 606 g/mol. The van der Waals surface area contributed by atoms with Crippen molar-refractivity contribution in [3.63, 3.8) is 0 Å². The molecule has 0 spiro atoms. The lowest BCUT2D eigenvalue weighted by molar-refractivity contribution is -0.257. The zero-order valence-corrected chi connectivity index (χ0v) is 26.5. The molecule has 1 saturated heterocycles. The minimum atomic E-state index is -1.49. The second-order valence-corrected chi connectivity index (χ2v) is 10.0. The molecule has 1 amide bonds. The second-order valence-electron chi connectivity index (χ2n) is 10.0. The van der Waals surface area contributed by atoms with Gasteiger partial charge in [-0.05, 0) is 23.8 Å². The van der Waals surface area contributed by atoms with Crippen molar-refractivity contribution in [2.45, 2.75) is 58.3 Å². The number of carbonyl (C=O) groups excluding carboxylic acids is 5. The zero-order chi connectivity index (χ0) is 34.0. The predicted octanol–water partition coefficient (Wildman–Crippen LogP) is 2.64. The van der Waals surface area contributed by atoms with Crippen LogP contribution in [0, 0.1) is 0 Å². The summed E-state index contributed by atoms with van der Waals surface area (Å²) in [7, 11) is 4.30. The molecular formula is C32H37NO13. The number of ketones is 1. The molecule has 0 bridgehead atoms. The minimum absolute atomic E-state index is 0.0269. The fourth-order valence-corrected chi connectivity index (χ4v) is 4.67. The molecule has 14 heteroatoms. The van der Waals surface area contributed by atoms with Crippen molar-refractivity contribution in [1.82, 2.24) is 5.32 Å². The van der Waals surface area contributed by atoms with Crippen molar-refractivity contribution in [2.75, 3.05) is 27.9 Å². The van der Waals surface area contributed by atoms with Gasteiger partial charge in [-0.1, -0.05) is 18.2 Å². The van der Waals surface area contributed by atoms with Gasteiger partial charge < -0.3 is 43.2 Å². The Morgan fingerprint density at radius 1 is 0.783 bits per heavy atom. The smallest absolute Gasteiger partial charge is 0.303 e. The molecule has 1 N–H and O–H groups in total. The van der Waals surface area contributed by atoms with E-state index in [0.717, 1.165) is 13.8 Å². The predicted molar refractivity (Wildman–Crippen MR) is 161 cm³/mol. The standard InChI is InChI=1S/C32H37NO13/c1-17(34)33-29-31(44-20(4)37)30(43-19(3)36)27(16-42-18(2)35)46-32(29)45-26-15-23(40-6)14-25(41-7)28(26)24(38)13-10-21-8-11-22(39-5)12-9-21/h8-15,27,29-32H,16H2,1-7H3,(H,33,34)/b13-10+/t27-,29-,30-,31-,32-/m1/s1. The number of benzene rings is 2. The molecule has 5 atom stereocenters. The highest BCUT2D eigenvalue weighted by atomic mass is 16.7. The molecule has 0 unspecified atom stereocenters. The topological polar surface area (TPSA) is 171 Å². The van der Waals surface area contributed by atoms with E-state index in [9.17, 15) is 24.0 Å². The summed E-state index contributed by atoms with van der Waals surface area (Å²) in [6, 6.07) is 8.61. The maximum Gasteiger partial charge on any atom is 0.303 e. The molecule has 2 aromatic carbocycles. The molecule has 14 nitrogen and oxygen atoms in total. The van der Waals surface area contributed by atoms with Crippen LogP contribution in [-0.4, -0.2) is 88.2 Å². The van der Waals surface area contributed by atoms with E-state index >= 15 is 0 Å². The van der Waals surface area contributed by atoms with E-state index in [-0.39, 0.29) is 22.8 Å². The van der Waals surface area contributed by atoms with Crippen molar-refractivity contribution in [3.8, 4) is 23.0 Å². The van der Waals surface area contributed by atoms with Gasteiger partial charge in [0.25, 0.3) is 0 Å². The van der Waals surface area contributed by atoms with Gasteiger partial charge in [-0.15, -0.1) is 0 Å². The summed E-state index contributed by atoms with van der Waals surface area (Å²) in [6.45, 7) is 4.20. The van der Waals surface area contributed by atoms with E-state index in [4.69, 9.17) is 37.9 Å². The lowest BCUT2D eigenvalue weighted by atomic mass is 9.96. The van der Waals surface area contributed by atoms with E-state index < -0.39 is 66.8 Å².